The lowest BCUT2D eigenvalue weighted by Gasteiger charge is -2.50. The average molecular weight is 460 g/mol. The van der Waals surface area contributed by atoms with Crippen molar-refractivity contribution in [3.63, 3.8) is 0 Å². The van der Waals surface area contributed by atoms with Crippen LogP contribution in [0, 0.1) is 23.2 Å². The number of benzene rings is 2. The van der Waals surface area contributed by atoms with Crippen molar-refractivity contribution in [1.82, 2.24) is 4.90 Å². The summed E-state index contributed by atoms with van der Waals surface area (Å²) in [6.07, 6.45) is 5.66. The van der Waals surface area contributed by atoms with E-state index < -0.39 is 0 Å². The molecule has 0 N–H and O–H groups in total. The Balaban J connectivity index is 1.36. The van der Waals surface area contributed by atoms with Gasteiger partial charge in [0, 0.05) is 25.6 Å². The van der Waals surface area contributed by atoms with Crippen LogP contribution in [0.25, 0.3) is 0 Å². The fourth-order valence-corrected chi connectivity index (χ4v) is 6.76. The largest absolute Gasteiger partial charge is 0.497 e. The fourth-order valence-electron chi connectivity index (χ4n) is 6.76. The molecule has 2 aromatic rings. The number of hydrogen-bond donors (Lipinski definition) is 0. The van der Waals surface area contributed by atoms with E-state index in [0.29, 0.717) is 5.92 Å². The number of nitrogens with zero attached hydrogens (tertiary/aromatic N) is 1. The van der Waals surface area contributed by atoms with Crippen molar-refractivity contribution in [2.75, 3.05) is 13.7 Å². The third-order valence-corrected chi connectivity index (χ3v) is 8.59. The molecule has 3 aliphatic rings. The topological polar surface area (TPSA) is 38.8 Å². The van der Waals surface area contributed by atoms with Crippen LogP contribution in [-0.4, -0.2) is 30.6 Å². The summed E-state index contributed by atoms with van der Waals surface area (Å²) in [6.45, 7) is 9.15. The van der Waals surface area contributed by atoms with Gasteiger partial charge in [-0.15, -0.1) is 0 Å². The summed E-state index contributed by atoms with van der Waals surface area (Å²) in [7, 11) is 1.69. The highest BCUT2D eigenvalue weighted by Crippen LogP contribution is 2.57. The summed E-state index contributed by atoms with van der Waals surface area (Å²) in [4.78, 5) is 15.6. The Morgan fingerprint density at radius 3 is 2.50 bits per heavy atom. The number of rotatable bonds is 7. The van der Waals surface area contributed by atoms with E-state index >= 15 is 0 Å². The van der Waals surface area contributed by atoms with Gasteiger partial charge in [0.25, 0.3) is 0 Å². The molecular weight excluding hydrogens is 422 g/mol. The van der Waals surface area contributed by atoms with Gasteiger partial charge < -0.3 is 9.47 Å². The van der Waals surface area contributed by atoms with Gasteiger partial charge in [-0.25, -0.2) is 0 Å². The van der Waals surface area contributed by atoms with Gasteiger partial charge in [-0.2, -0.15) is 0 Å². The van der Waals surface area contributed by atoms with Crippen LogP contribution in [0.5, 0.6) is 5.75 Å². The molecule has 4 heteroatoms. The van der Waals surface area contributed by atoms with Crippen molar-refractivity contribution in [3.8, 4) is 5.75 Å². The highest BCUT2D eigenvalue weighted by Gasteiger charge is 2.55. The second-order valence-electron chi connectivity index (χ2n) is 10.9. The first-order chi connectivity index (χ1) is 16.4. The van der Waals surface area contributed by atoms with E-state index in [1.807, 2.05) is 18.2 Å². The Bertz CT molecular complexity index is 1020. The first kappa shape index (κ1) is 23.2. The first-order valence-electron chi connectivity index (χ1n) is 12.7. The Labute approximate surface area is 203 Å². The number of hydrogen-bond acceptors (Lipinski definition) is 4. The van der Waals surface area contributed by atoms with Crippen LogP contribution in [0.3, 0.4) is 0 Å². The third kappa shape index (κ3) is 4.65. The van der Waals surface area contributed by atoms with Crippen molar-refractivity contribution < 1.29 is 14.3 Å². The number of esters is 1. The second-order valence-corrected chi connectivity index (χ2v) is 10.9. The summed E-state index contributed by atoms with van der Waals surface area (Å²) < 4.78 is 11.4. The normalized spacial score (nSPS) is 30.6. The molecule has 2 aliphatic carbocycles. The van der Waals surface area contributed by atoms with Gasteiger partial charge in [-0.05, 0) is 66.7 Å². The summed E-state index contributed by atoms with van der Waals surface area (Å²) >= 11 is 0. The van der Waals surface area contributed by atoms with Crippen LogP contribution >= 0.6 is 0 Å². The van der Waals surface area contributed by atoms with Gasteiger partial charge in [-0.3, -0.25) is 9.69 Å². The van der Waals surface area contributed by atoms with Crippen molar-refractivity contribution in [3.05, 3.63) is 77.9 Å². The fraction of sp³-hybridized carbons (Fsp3) is 0.500. The van der Waals surface area contributed by atoms with Crippen molar-refractivity contribution in [1.29, 1.82) is 0 Å². The monoisotopic (exact) mass is 459 g/mol. The molecule has 0 spiro atoms. The molecule has 4 nitrogen and oxygen atoms in total. The molecule has 0 amide bonds. The van der Waals surface area contributed by atoms with E-state index in [0.717, 1.165) is 44.6 Å². The molecule has 34 heavy (non-hydrogen) atoms. The smallest absolute Gasteiger partial charge is 0.310 e. The Morgan fingerprint density at radius 1 is 1.09 bits per heavy atom. The van der Waals surface area contributed by atoms with Crippen LogP contribution in [0.4, 0.5) is 0 Å². The minimum absolute atomic E-state index is 0.00403. The van der Waals surface area contributed by atoms with E-state index in [4.69, 9.17) is 9.47 Å². The lowest BCUT2D eigenvalue weighted by atomic mass is 9.55. The summed E-state index contributed by atoms with van der Waals surface area (Å²) in [5.74, 6) is 1.58. The highest BCUT2D eigenvalue weighted by molar-refractivity contribution is 5.75. The van der Waals surface area contributed by atoms with Crippen molar-refractivity contribution in [2.45, 2.75) is 58.2 Å². The maximum absolute atomic E-state index is 13.2. The minimum Gasteiger partial charge on any atom is -0.497 e. The zero-order valence-electron chi connectivity index (χ0n) is 20.5. The van der Waals surface area contributed by atoms with Crippen LogP contribution in [0.15, 0.2) is 66.7 Å². The molecule has 5 atom stereocenters. The summed E-state index contributed by atoms with van der Waals surface area (Å²) in [6, 6.07) is 18.8. The van der Waals surface area contributed by atoms with E-state index in [2.05, 4.69) is 54.8 Å². The Morgan fingerprint density at radius 2 is 1.79 bits per heavy atom. The molecule has 0 aromatic heterocycles. The molecule has 5 rings (SSSR count). The van der Waals surface area contributed by atoms with Crippen LogP contribution in [0.2, 0.25) is 0 Å². The van der Waals surface area contributed by atoms with E-state index in [1.54, 1.807) is 7.11 Å². The number of allylic oxidation sites excluding steroid dienone is 1. The van der Waals surface area contributed by atoms with Gasteiger partial charge in [0.05, 0.1) is 13.0 Å². The molecule has 2 saturated carbocycles. The molecule has 0 unspecified atom stereocenters. The summed E-state index contributed by atoms with van der Waals surface area (Å²) in [5.41, 5.74) is 4.11. The zero-order valence-corrected chi connectivity index (χ0v) is 20.5. The standard InChI is InChI=1S/C30H37NO3/c1-21-8-7-15-30(2)17-28-25(16-27(21)30)26(29(32)34-28)20-31(18-22-9-5-4-6-10-22)19-23-11-13-24(33-3)14-12-23/h4-6,9-14,25-28H,1,7-8,15-20H2,2-3H3/t25-,26+,27+,28+,30+/m0/s1. The molecule has 1 aliphatic heterocycles. The molecule has 180 valence electrons. The van der Waals surface area contributed by atoms with Gasteiger partial charge >= 0.3 is 5.97 Å². The summed E-state index contributed by atoms with van der Waals surface area (Å²) in [5, 5.41) is 0. The molecule has 2 aromatic carbocycles. The van der Waals surface area contributed by atoms with Crippen LogP contribution in [0.1, 0.15) is 50.2 Å². The lowest BCUT2D eigenvalue weighted by molar-refractivity contribution is -0.146. The SMILES string of the molecule is C=C1CCC[C@]2(C)C[C@H]3OC(=O)[C@H](CN(Cc4ccccc4)Cc4ccc(OC)cc4)[C@@H]3C[C@H]12. The van der Waals surface area contributed by atoms with Crippen molar-refractivity contribution in [2.24, 2.45) is 23.2 Å². The molecule has 1 saturated heterocycles. The highest BCUT2D eigenvalue weighted by atomic mass is 16.6. The average Bonchev–Trinajstić information content (AvgIpc) is 3.12. The molecule has 0 bridgehead atoms. The lowest BCUT2D eigenvalue weighted by Crippen LogP contribution is -2.45. The van der Waals surface area contributed by atoms with Gasteiger partial charge in [0.1, 0.15) is 11.9 Å². The maximum atomic E-state index is 13.2. The zero-order chi connectivity index (χ0) is 23.7. The molecule has 0 radical (unpaired) electrons. The van der Waals surface area contributed by atoms with Gasteiger partial charge in [-0.1, -0.05) is 61.5 Å². The molecule has 1 heterocycles. The number of carbonyl (C=O) groups is 1. The number of ether oxygens (including phenoxy) is 2. The van der Waals surface area contributed by atoms with E-state index in [9.17, 15) is 4.79 Å². The third-order valence-electron chi connectivity index (χ3n) is 8.59. The van der Waals surface area contributed by atoms with Crippen molar-refractivity contribution >= 4 is 5.97 Å². The second kappa shape index (κ2) is 9.58. The predicted octanol–water partition coefficient (Wildman–Crippen LogP) is 6.01. The molecular formula is C30H37NO3. The van der Waals surface area contributed by atoms with E-state index in [1.165, 1.54) is 29.5 Å². The number of methoxy groups -OCH3 is 1. The minimum atomic E-state index is -0.0776. The van der Waals surface area contributed by atoms with Crippen LogP contribution < -0.4 is 4.74 Å². The van der Waals surface area contributed by atoms with Gasteiger partial charge in [0.2, 0.25) is 0 Å². The van der Waals surface area contributed by atoms with Crippen LogP contribution in [-0.2, 0) is 22.6 Å². The van der Waals surface area contributed by atoms with Gasteiger partial charge in [0.15, 0.2) is 0 Å². The maximum Gasteiger partial charge on any atom is 0.310 e. The number of carbonyl (C=O) groups excluding carboxylic acids is 1. The Kier molecular flexibility index (Phi) is 6.52. The Hall–Kier alpha value is -2.59. The first-order valence-corrected chi connectivity index (χ1v) is 12.7. The number of fused-ring (bicyclic) bond motifs is 2. The van der Waals surface area contributed by atoms with E-state index in [-0.39, 0.29) is 29.3 Å². The predicted molar refractivity (Wildman–Crippen MR) is 134 cm³/mol. The quantitative estimate of drug-likeness (QED) is 0.375. The molecule has 3 fully saturated rings.